The van der Waals surface area contributed by atoms with E-state index in [9.17, 15) is 22.8 Å². The Labute approximate surface area is 186 Å². The largest absolute Gasteiger partial charge is 0.416 e. The highest BCUT2D eigenvalue weighted by atomic mass is 35.5. The Morgan fingerprint density at radius 2 is 1.36 bits per heavy atom. The summed E-state index contributed by atoms with van der Waals surface area (Å²) >= 11 is 38.1. The van der Waals surface area contributed by atoms with Crippen LogP contribution in [0.25, 0.3) is 0 Å². The molecule has 1 aromatic rings. The molecule has 3 nitrogen and oxygen atoms in total. The summed E-state index contributed by atoms with van der Waals surface area (Å²) in [5.74, 6) is -4.64. The number of carbonyl (C=O) groups excluding carboxylic acids is 2. The molecule has 2 fully saturated rings. The van der Waals surface area contributed by atoms with E-state index in [4.69, 9.17) is 69.6 Å². The predicted molar refractivity (Wildman–Crippen MR) is 101 cm³/mol. The Hall–Kier alpha value is -0.370. The molecule has 1 heterocycles. The van der Waals surface area contributed by atoms with E-state index in [1.807, 2.05) is 0 Å². The smallest absolute Gasteiger partial charge is 0.274 e. The number of benzene rings is 1. The van der Waals surface area contributed by atoms with Gasteiger partial charge in [-0.05, 0) is 18.2 Å². The quantitative estimate of drug-likeness (QED) is 0.359. The molecule has 1 saturated carbocycles. The third-order valence-electron chi connectivity index (χ3n) is 5.34. The van der Waals surface area contributed by atoms with Gasteiger partial charge in [0.1, 0.15) is 9.75 Å². The van der Waals surface area contributed by atoms with Gasteiger partial charge < -0.3 is 0 Å². The van der Waals surface area contributed by atoms with Gasteiger partial charge in [-0.15, -0.1) is 23.2 Å². The van der Waals surface area contributed by atoms with E-state index in [-0.39, 0.29) is 15.8 Å². The van der Waals surface area contributed by atoms with Crippen LogP contribution < -0.4 is 4.90 Å². The molecule has 3 aliphatic rings. The second kappa shape index (κ2) is 5.86. The SMILES string of the molecule is O=C1C2C(C(=O)N1c1cccc(C(F)(F)F)c1)C1(Cl)C(Cl)=C(Cl)C2(Cl)C1(Cl)Cl. The molecule has 0 radical (unpaired) electrons. The zero-order chi connectivity index (χ0) is 21.0. The summed E-state index contributed by atoms with van der Waals surface area (Å²) in [4.78, 5) is 22.7. The summed E-state index contributed by atoms with van der Waals surface area (Å²) in [6, 6.07) is 3.73. The van der Waals surface area contributed by atoms with Crippen LogP contribution in [0.4, 0.5) is 18.9 Å². The molecule has 2 amide bonds. The molecule has 1 aliphatic heterocycles. The van der Waals surface area contributed by atoms with E-state index >= 15 is 0 Å². The lowest BCUT2D eigenvalue weighted by atomic mass is 9.84. The normalized spacial score (nSPS) is 36.5. The van der Waals surface area contributed by atoms with Crippen LogP contribution in [0.5, 0.6) is 0 Å². The first-order valence-electron chi connectivity index (χ1n) is 7.59. The third kappa shape index (κ3) is 2.12. The van der Waals surface area contributed by atoms with Gasteiger partial charge in [0.15, 0.2) is 4.33 Å². The fraction of sp³-hybridized carbons (Fsp3) is 0.375. The van der Waals surface area contributed by atoms with Gasteiger partial charge in [0, 0.05) is 0 Å². The first kappa shape index (κ1) is 20.9. The summed E-state index contributed by atoms with van der Waals surface area (Å²) in [6.07, 6.45) is -4.67. The lowest BCUT2D eigenvalue weighted by molar-refractivity contribution is -0.137. The van der Waals surface area contributed by atoms with Gasteiger partial charge in [-0.1, -0.05) is 52.5 Å². The highest BCUT2D eigenvalue weighted by molar-refractivity contribution is 6.67. The van der Waals surface area contributed by atoms with E-state index in [1.54, 1.807) is 0 Å². The predicted octanol–water partition coefficient (Wildman–Crippen LogP) is 5.66. The molecule has 4 unspecified atom stereocenters. The fourth-order valence-electron chi connectivity index (χ4n) is 4.07. The second-order valence-electron chi connectivity index (χ2n) is 6.64. The molecule has 1 saturated heterocycles. The van der Waals surface area contributed by atoms with Gasteiger partial charge in [-0.3, -0.25) is 9.59 Å². The first-order valence-corrected chi connectivity index (χ1v) is 9.86. The van der Waals surface area contributed by atoms with Crippen molar-refractivity contribution in [1.82, 2.24) is 0 Å². The number of allylic oxidation sites excluding steroid dienone is 2. The van der Waals surface area contributed by atoms with Crippen LogP contribution in [0, 0.1) is 11.8 Å². The number of hydrogen-bond donors (Lipinski definition) is 0. The van der Waals surface area contributed by atoms with Gasteiger partial charge in [0.25, 0.3) is 0 Å². The first-order chi connectivity index (χ1) is 12.7. The highest BCUT2D eigenvalue weighted by Gasteiger charge is 2.87. The topological polar surface area (TPSA) is 37.4 Å². The number of imide groups is 1. The van der Waals surface area contributed by atoms with E-state index in [1.165, 1.54) is 6.07 Å². The van der Waals surface area contributed by atoms with E-state index in [2.05, 4.69) is 0 Å². The molecule has 0 aromatic heterocycles. The number of halogens is 9. The summed E-state index contributed by atoms with van der Waals surface area (Å²) in [5, 5.41) is -0.548. The number of rotatable bonds is 1. The average Bonchev–Trinajstić information content (AvgIpc) is 2.99. The zero-order valence-electron chi connectivity index (χ0n) is 13.1. The highest BCUT2D eigenvalue weighted by Crippen LogP contribution is 2.77. The molecule has 4 rings (SSSR count). The van der Waals surface area contributed by atoms with Gasteiger partial charge in [0.05, 0.1) is 33.2 Å². The summed E-state index contributed by atoms with van der Waals surface area (Å²) in [7, 11) is 0. The second-order valence-corrected chi connectivity index (χ2v) is 9.92. The molecule has 2 bridgehead atoms. The molecular formula is C16H6Cl6F3NO2. The lowest BCUT2D eigenvalue weighted by Crippen LogP contribution is -2.50. The maximum atomic E-state index is 13.1. The van der Waals surface area contributed by atoms with Crippen molar-refractivity contribution in [3.8, 4) is 0 Å². The Morgan fingerprint density at radius 1 is 0.893 bits per heavy atom. The summed E-state index contributed by atoms with van der Waals surface area (Å²) in [5.41, 5.74) is -1.33. The number of alkyl halides is 7. The minimum atomic E-state index is -4.67. The molecule has 0 N–H and O–H groups in total. The lowest BCUT2D eigenvalue weighted by Gasteiger charge is -2.34. The maximum absolute atomic E-state index is 13.1. The van der Waals surface area contributed by atoms with Gasteiger partial charge in [-0.2, -0.15) is 13.2 Å². The molecule has 1 aromatic carbocycles. The van der Waals surface area contributed by atoms with Gasteiger partial charge in [0.2, 0.25) is 11.8 Å². The van der Waals surface area contributed by atoms with E-state index < -0.39 is 49.5 Å². The van der Waals surface area contributed by atoms with Gasteiger partial charge in [-0.25, -0.2) is 4.90 Å². The van der Waals surface area contributed by atoms with Crippen molar-refractivity contribution >= 4 is 87.1 Å². The average molecular weight is 514 g/mol. The number of amides is 2. The molecule has 2 aliphatic carbocycles. The zero-order valence-corrected chi connectivity index (χ0v) is 17.7. The van der Waals surface area contributed by atoms with Crippen molar-refractivity contribution in [3.63, 3.8) is 0 Å². The van der Waals surface area contributed by atoms with Gasteiger partial charge >= 0.3 is 6.18 Å². The third-order valence-corrected chi connectivity index (χ3v) is 9.60. The van der Waals surface area contributed by atoms with Crippen molar-refractivity contribution in [1.29, 1.82) is 0 Å². The molecule has 150 valence electrons. The van der Waals surface area contributed by atoms with Crippen molar-refractivity contribution in [2.24, 2.45) is 11.8 Å². The molecule has 28 heavy (non-hydrogen) atoms. The fourth-order valence-corrected chi connectivity index (χ4v) is 7.00. The Bertz CT molecular complexity index is 933. The van der Waals surface area contributed by atoms with Crippen LogP contribution in [-0.4, -0.2) is 25.9 Å². The Balaban J connectivity index is 1.87. The standard InChI is InChI=1S/C16H6Cl6F3NO2/c17-9-10(18)14(20)8-7(13(9,19)16(14,21)22)11(27)26(12(8)28)6-3-1-2-5(4-6)15(23,24)25/h1-4,7-8H. The molecule has 0 spiro atoms. The van der Waals surface area contributed by atoms with Crippen LogP contribution in [0.1, 0.15) is 5.56 Å². The number of carbonyl (C=O) groups is 2. The number of fused-ring (bicyclic) bond motifs is 5. The Kier molecular flexibility index (Phi) is 4.37. The van der Waals surface area contributed by atoms with Crippen LogP contribution >= 0.6 is 69.6 Å². The van der Waals surface area contributed by atoms with Crippen LogP contribution in [0.3, 0.4) is 0 Å². The minimum Gasteiger partial charge on any atom is -0.274 e. The molecule has 4 atom stereocenters. The van der Waals surface area contributed by atoms with E-state index in [0.717, 1.165) is 12.1 Å². The summed E-state index contributed by atoms with van der Waals surface area (Å²) in [6.45, 7) is 0. The van der Waals surface area contributed by atoms with Crippen molar-refractivity contribution in [2.75, 3.05) is 4.90 Å². The van der Waals surface area contributed by atoms with Crippen LogP contribution in [0.15, 0.2) is 34.3 Å². The molecular weight excluding hydrogens is 508 g/mol. The van der Waals surface area contributed by atoms with E-state index in [0.29, 0.717) is 11.0 Å². The number of hydrogen-bond acceptors (Lipinski definition) is 2. The van der Waals surface area contributed by atoms with Crippen molar-refractivity contribution in [2.45, 2.75) is 20.3 Å². The maximum Gasteiger partial charge on any atom is 0.416 e. The number of anilines is 1. The van der Waals surface area contributed by atoms with Crippen LogP contribution in [-0.2, 0) is 15.8 Å². The number of nitrogens with zero attached hydrogens (tertiary/aromatic N) is 1. The van der Waals surface area contributed by atoms with Crippen molar-refractivity contribution < 1.29 is 22.8 Å². The van der Waals surface area contributed by atoms with Crippen LogP contribution in [0.2, 0.25) is 0 Å². The monoisotopic (exact) mass is 511 g/mol. The summed E-state index contributed by atoms with van der Waals surface area (Å²) < 4.78 is 37.0. The minimum absolute atomic E-state index is 0.274. The molecule has 12 heteroatoms. The Morgan fingerprint density at radius 3 is 1.79 bits per heavy atom. The van der Waals surface area contributed by atoms with Crippen molar-refractivity contribution in [3.05, 3.63) is 39.9 Å².